The highest BCUT2D eigenvalue weighted by Gasteiger charge is 2.10. The predicted molar refractivity (Wildman–Crippen MR) is 60.4 cm³/mol. The van der Waals surface area contributed by atoms with E-state index in [1.54, 1.807) is 21.9 Å². The fourth-order valence-corrected chi connectivity index (χ4v) is 1.79. The van der Waals surface area contributed by atoms with Crippen molar-refractivity contribution in [1.82, 2.24) is 34.5 Å². The zero-order valence-electron chi connectivity index (χ0n) is 8.95. The summed E-state index contributed by atoms with van der Waals surface area (Å²) in [7, 11) is 1.81. The first-order valence-corrected chi connectivity index (χ1v) is 5.28. The van der Waals surface area contributed by atoms with Gasteiger partial charge in [-0.2, -0.15) is 10.2 Å². The van der Waals surface area contributed by atoms with E-state index in [9.17, 15) is 0 Å². The molecule has 3 aromatic rings. The predicted octanol–water partition coefficient (Wildman–Crippen LogP) is 0.656. The van der Waals surface area contributed by atoms with E-state index in [-0.39, 0.29) is 0 Å². The Balaban J connectivity index is 2.08. The van der Waals surface area contributed by atoms with E-state index in [4.69, 9.17) is 11.6 Å². The van der Waals surface area contributed by atoms with Gasteiger partial charge in [0.05, 0.1) is 11.6 Å². The third-order valence-corrected chi connectivity index (χ3v) is 2.65. The third-order valence-electron chi connectivity index (χ3n) is 2.36. The molecule has 0 fully saturated rings. The third kappa shape index (κ3) is 1.74. The number of aromatic nitrogens is 7. The normalized spacial score (nSPS) is 11.2. The van der Waals surface area contributed by atoms with E-state index < -0.39 is 0 Å². The van der Waals surface area contributed by atoms with Crippen molar-refractivity contribution in [3.63, 3.8) is 0 Å². The molecule has 0 spiro atoms. The van der Waals surface area contributed by atoms with Crippen LogP contribution < -0.4 is 0 Å². The first-order valence-electron chi connectivity index (χ1n) is 4.90. The second-order valence-corrected chi connectivity index (χ2v) is 3.89. The number of nitrogens with zero attached hydrogens (tertiary/aromatic N) is 7. The van der Waals surface area contributed by atoms with Crippen LogP contribution in [0, 0.1) is 0 Å². The first-order chi connectivity index (χ1) is 8.24. The van der Waals surface area contributed by atoms with Gasteiger partial charge in [-0.05, 0) is 0 Å². The van der Waals surface area contributed by atoms with Gasteiger partial charge in [0, 0.05) is 7.05 Å². The fraction of sp³-hybridized carbons (Fsp3) is 0.222. The molecule has 0 amide bonds. The Hall–Kier alpha value is -2.02. The summed E-state index contributed by atoms with van der Waals surface area (Å²) in [4.78, 5) is 12.4. The van der Waals surface area contributed by atoms with Gasteiger partial charge in [0.15, 0.2) is 11.5 Å². The van der Waals surface area contributed by atoms with Crippen LogP contribution in [0.5, 0.6) is 0 Å². The molecule has 0 unspecified atom stereocenters. The summed E-state index contributed by atoms with van der Waals surface area (Å²) in [6.45, 7) is 0.431. The van der Waals surface area contributed by atoms with Gasteiger partial charge in [0.1, 0.15) is 24.4 Å². The number of rotatable bonds is 2. The van der Waals surface area contributed by atoms with Gasteiger partial charge in [0.25, 0.3) is 0 Å². The van der Waals surface area contributed by atoms with Crippen LogP contribution in [0.25, 0.3) is 11.0 Å². The van der Waals surface area contributed by atoms with Crippen LogP contribution in [0.2, 0.25) is 5.15 Å². The Labute approximate surface area is 101 Å². The molecule has 0 bridgehead atoms. The van der Waals surface area contributed by atoms with Gasteiger partial charge < -0.3 is 0 Å². The molecule has 17 heavy (non-hydrogen) atoms. The number of aryl methyl sites for hydroxylation is 1. The highest BCUT2D eigenvalue weighted by molar-refractivity contribution is 6.33. The quantitative estimate of drug-likeness (QED) is 0.624. The summed E-state index contributed by atoms with van der Waals surface area (Å²) in [5, 5.41) is 9.23. The number of hydrogen-bond donors (Lipinski definition) is 0. The molecule has 0 N–H and O–H groups in total. The minimum Gasteiger partial charge on any atom is -0.250 e. The average Bonchev–Trinajstić information content (AvgIpc) is 2.90. The summed E-state index contributed by atoms with van der Waals surface area (Å²) < 4.78 is 3.29. The largest absolute Gasteiger partial charge is 0.250 e. The Bertz CT molecular complexity index is 657. The van der Waals surface area contributed by atoms with Crippen LogP contribution in [0.15, 0.2) is 18.9 Å². The van der Waals surface area contributed by atoms with E-state index in [2.05, 4.69) is 25.1 Å². The van der Waals surface area contributed by atoms with Crippen LogP contribution in [-0.2, 0) is 13.6 Å². The van der Waals surface area contributed by atoms with Gasteiger partial charge >= 0.3 is 0 Å². The minimum absolute atomic E-state index is 0.401. The molecule has 0 atom stereocenters. The van der Waals surface area contributed by atoms with Crippen molar-refractivity contribution in [2.24, 2.45) is 7.05 Å². The number of hydrogen-bond acceptors (Lipinski definition) is 5. The molecule has 0 saturated heterocycles. The molecule has 86 valence electrons. The summed E-state index contributed by atoms with van der Waals surface area (Å²) in [6, 6.07) is 0. The van der Waals surface area contributed by atoms with Crippen LogP contribution in [-0.4, -0.2) is 34.5 Å². The Kier molecular flexibility index (Phi) is 2.25. The zero-order chi connectivity index (χ0) is 11.8. The van der Waals surface area contributed by atoms with Gasteiger partial charge in [-0.25, -0.2) is 19.6 Å². The van der Waals surface area contributed by atoms with Crippen molar-refractivity contribution in [3.05, 3.63) is 29.8 Å². The summed E-state index contributed by atoms with van der Waals surface area (Å²) in [5.41, 5.74) is 0.708. The van der Waals surface area contributed by atoms with Crippen LogP contribution in [0.4, 0.5) is 0 Å². The summed E-state index contributed by atoms with van der Waals surface area (Å²) in [5.74, 6) is 0.580. The van der Waals surface area contributed by atoms with Crippen molar-refractivity contribution >= 4 is 22.6 Å². The maximum absolute atomic E-state index is 6.07. The number of fused-ring (bicyclic) bond motifs is 1. The van der Waals surface area contributed by atoms with Crippen molar-refractivity contribution in [3.8, 4) is 0 Å². The molecule has 0 aliphatic heterocycles. The summed E-state index contributed by atoms with van der Waals surface area (Å²) in [6.07, 6.45) is 4.71. The van der Waals surface area contributed by atoms with Crippen molar-refractivity contribution < 1.29 is 0 Å². The standard InChI is InChI=1S/C9H8ClN7/c1-16-9-6(2-12-16)8(10)14-7(15-9)3-17-5-11-4-13-17/h2,4-5H,3H2,1H3. The van der Waals surface area contributed by atoms with E-state index in [0.717, 1.165) is 5.39 Å². The monoisotopic (exact) mass is 249 g/mol. The van der Waals surface area contributed by atoms with Crippen LogP contribution >= 0.6 is 11.6 Å². The lowest BCUT2D eigenvalue weighted by Gasteiger charge is -2.02. The molecule has 8 heteroatoms. The van der Waals surface area contributed by atoms with E-state index in [0.29, 0.717) is 23.2 Å². The lowest BCUT2D eigenvalue weighted by atomic mass is 10.4. The molecular weight excluding hydrogens is 242 g/mol. The molecule has 3 aromatic heterocycles. The van der Waals surface area contributed by atoms with Gasteiger partial charge in [0.2, 0.25) is 0 Å². The number of halogens is 1. The van der Waals surface area contributed by atoms with Crippen LogP contribution in [0.3, 0.4) is 0 Å². The van der Waals surface area contributed by atoms with Gasteiger partial charge in [-0.15, -0.1) is 0 Å². The molecule has 7 nitrogen and oxygen atoms in total. The van der Waals surface area contributed by atoms with Crippen LogP contribution in [0.1, 0.15) is 5.82 Å². The van der Waals surface area contributed by atoms with Crippen molar-refractivity contribution in [2.45, 2.75) is 6.54 Å². The Morgan fingerprint density at radius 1 is 1.29 bits per heavy atom. The molecule has 0 saturated carbocycles. The molecule has 0 aromatic carbocycles. The minimum atomic E-state index is 0.401. The smallest absolute Gasteiger partial charge is 0.162 e. The lowest BCUT2D eigenvalue weighted by molar-refractivity contribution is 0.653. The molecule has 3 rings (SSSR count). The first kappa shape index (κ1) is 10.2. The second-order valence-electron chi connectivity index (χ2n) is 3.53. The fourth-order valence-electron chi connectivity index (χ4n) is 1.56. The van der Waals surface area contributed by atoms with Gasteiger partial charge in [-0.3, -0.25) is 4.68 Å². The maximum atomic E-state index is 6.07. The molecule has 0 aliphatic rings. The molecule has 0 radical (unpaired) electrons. The average molecular weight is 250 g/mol. The second kappa shape index (κ2) is 3.77. The highest BCUT2D eigenvalue weighted by atomic mass is 35.5. The Morgan fingerprint density at radius 2 is 2.18 bits per heavy atom. The molecule has 0 aliphatic carbocycles. The molecule has 3 heterocycles. The SMILES string of the molecule is Cn1ncc2c(Cl)nc(Cn3cncn3)nc21. The van der Waals surface area contributed by atoms with Crippen molar-refractivity contribution in [1.29, 1.82) is 0 Å². The summed E-state index contributed by atoms with van der Waals surface area (Å²) >= 11 is 6.07. The van der Waals surface area contributed by atoms with E-state index in [1.807, 2.05) is 7.05 Å². The van der Waals surface area contributed by atoms with E-state index >= 15 is 0 Å². The topological polar surface area (TPSA) is 74.3 Å². The maximum Gasteiger partial charge on any atom is 0.162 e. The highest BCUT2D eigenvalue weighted by Crippen LogP contribution is 2.19. The zero-order valence-corrected chi connectivity index (χ0v) is 9.70. The van der Waals surface area contributed by atoms with Crippen molar-refractivity contribution in [2.75, 3.05) is 0 Å². The molecular formula is C9H8ClN7. The van der Waals surface area contributed by atoms with Gasteiger partial charge in [-0.1, -0.05) is 11.6 Å². The van der Waals surface area contributed by atoms with E-state index in [1.165, 1.54) is 6.33 Å². The Morgan fingerprint density at radius 3 is 2.94 bits per heavy atom. The lowest BCUT2D eigenvalue weighted by Crippen LogP contribution is -2.06.